The molecule has 0 spiro atoms. The van der Waals surface area contributed by atoms with Crippen molar-refractivity contribution in [3.63, 3.8) is 0 Å². The lowest BCUT2D eigenvalue weighted by Crippen LogP contribution is -2.38. The second-order valence-electron chi connectivity index (χ2n) is 4.25. The molecule has 0 bridgehead atoms. The van der Waals surface area contributed by atoms with Crippen molar-refractivity contribution in [2.24, 2.45) is 5.92 Å². The average molecular weight is 229 g/mol. The average Bonchev–Trinajstić information content (AvgIpc) is 2.31. The number of nitrogens with zero attached hydrogens (tertiary/aromatic N) is 1. The summed E-state index contributed by atoms with van der Waals surface area (Å²) in [6.07, 6.45) is 8.15. The van der Waals surface area contributed by atoms with E-state index in [2.05, 4.69) is 13.2 Å². The van der Waals surface area contributed by atoms with Crippen molar-refractivity contribution in [1.82, 2.24) is 4.90 Å². The SMILES string of the molecule is CCN(CCSC)C(=O)C1CCCCC1. The molecule has 0 heterocycles. The van der Waals surface area contributed by atoms with Gasteiger partial charge >= 0.3 is 0 Å². The van der Waals surface area contributed by atoms with Gasteiger partial charge in [0.15, 0.2) is 0 Å². The highest BCUT2D eigenvalue weighted by molar-refractivity contribution is 7.98. The fourth-order valence-electron chi connectivity index (χ4n) is 2.23. The van der Waals surface area contributed by atoms with Crippen LogP contribution in [-0.4, -0.2) is 35.9 Å². The van der Waals surface area contributed by atoms with Crippen LogP contribution < -0.4 is 0 Å². The van der Waals surface area contributed by atoms with E-state index in [0.29, 0.717) is 11.8 Å². The molecule has 0 saturated heterocycles. The smallest absolute Gasteiger partial charge is 0.225 e. The Balaban J connectivity index is 2.40. The maximum atomic E-state index is 12.2. The molecule has 2 nitrogen and oxygen atoms in total. The van der Waals surface area contributed by atoms with E-state index in [9.17, 15) is 4.79 Å². The summed E-state index contributed by atoms with van der Waals surface area (Å²) in [5.74, 6) is 1.80. The van der Waals surface area contributed by atoms with Crippen molar-refractivity contribution < 1.29 is 4.79 Å². The number of hydrogen-bond donors (Lipinski definition) is 0. The van der Waals surface area contributed by atoms with Crippen LogP contribution in [-0.2, 0) is 4.79 Å². The van der Waals surface area contributed by atoms with Gasteiger partial charge in [-0.3, -0.25) is 4.79 Å². The number of carbonyl (C=O) groups excluding carboxylic acids is 1. The van der Waals surface area contributed by atoms with Gasteiger partial charge in [0.2, 0.25) is 5.91 Å². The van der Waals surface area contributed by atoms with Crippen molar-refractivity contribution in [2.45, 2.75) is 39.0 Å². The first-order valence-electron chi connectivity index (χ1n) is 6.07. The minimum Gasteiger partial charge on any atom is -0.342 e. The Hall–Kier alpha value is -0.180. The van der Waals surface area contributed by atoms with Crippen LogP contribution >= 0.6 is 11.8 Å². The molecule has 0 atom stereocenters. The molecule has 1 aliphatic carbocycles. The molecule has 1 aliphatic rings. The molecule has 0 N–H and O–H groups in total. The second kappa shape index (κ2) is 7.15. The van der Waals surface area contributed by atoms with E-state index in [1.807, 2.05) is 16.7 Å². The Labute approximate surface area is 97.8 Å². The van der Waals surface area contributed by atoms with Gasteiger partial charge in [0, 0.05) is 24.8 Å². The van der Waals surface area contributed by atoms with Gasteiger partial charge in [-0.05, 0) is 26.0 Å². The molecule has 1 saturated carbocycles. The van der Waals surface area contributed by atoms with Crippen molar-refractivity contribution in [1.29, 1.82) is 0 Å². The lowest BCUT2D eigenvalue weighted by molar-refractivity contribution is -0.136. The van der Waals surface area contributed by atoms with Gasteiger partial charge in [-0.15, -0.1) is 0 Å². The van der Waals surface area contributed by atoms with Gasteiger partial charge in [0.1, 0.15) is 0 Å². The molecule has 1 fully saturated rings. The van der Waals surface area contributed by atoms with Gasteiger partial charge < -0.3 is 4.90 Å². The van der Waals surface area contributed by atoms with Crippen LogP contribution in [0.1, 0.15) is 39.0 Å². The summed E-state index contributed by atoms with van der Waals surface area (Å²) in [7, 11) is 0. The largest absolute Gasteiger partial charge is 0.342 e. The van der Waals surface area contributed by atoms with Crippen LogP contribution in [0.15, 0.2) is 0 Å². The van der Waals surface area contributed by atoms with E-state index in [-0.39, 0.29) is 0 Å². The second-order valence-corrected chi connectivity index (χ2v) is 5.23. The molecular formula is C12H23NOS. The summed E-state index contributed by atoms with van der Waals surface area (Å²) in [6, 6.07) is 0. The number of hydrogen-bond acceptors (Lipinski definition) is 2. The summed E-state index contributed by atoms with van der Waals surface area (Å²) in [6.45, 7) is 3.88. The molecule has 0 radical (unpaired) electrons. The molecule has 0 aromatic rings. The van der Waals surface area contributed by atoms with Crippen LogP contribution in [0.3, 0.4) is 0 Å². The highest BCUT2D eigenvalue weighted by atomic mass is 32.2. The van der Waals surface area contributed by atoms with Gasteiger partial charge in [0.05, 0.1) is 0 Å². The zero-order valence-corrected chi connectivity index (χ0v) is 10.8. The van der Waals surface area contributed by atoms with Crippen molar-refractivity contribution >= 4 is 17.7 Å². The van der Waals surface area contributed by atoms with E-state index in [1.54, 1.807) is 0 Å². The number of carbonyl (C=O) groups is 1. The molecule has 15 heavy (non-hydrogen) atoms. The van der Waals surface area contributed by atoms with E-state index in [0.717, 1.165) is 31.7 Å². The van der Waals surface area contributed by atoms with E-state index in [4.69, 9.17) is 0 Å². The van der Waals surface area contributed by atoms with Crippen molar-refractivity contribution in [2.75, 3.05) is 25.1 Å². The number of thioether (sulfide) groups is 1. The molecule has 0 aromatic carbocycles. The number of amides is 1. The zero-order valence-electron chi connectivity index (χ0n) is 10.00. The maximum Gasteiger partial charge on any atom is 0.225 e. The molecule has 0 aliphatic heterocycles. The van der Waals surface area contributed by atoms with Crippen LogP contribution in [0.2, 0.25) is 0 Å². The van der Waals surface area contributed by atoms with Gasteiger partial charge in [0.25, 0.3) is 0 Å². The predicted octanol–water partition coefficient (Wildman–Crippen LogP) is 2.78. The van der Waals surface area contributed by atoms with Gasteiger partial charge in [-0.1, -0.05) is 19.3 Å². The summed E-state index contributed by atoms with van der Waals surface area (Å²) in [4.78, 5) is 14.2. The first-order chi connectivity index (χ1) is 7.29. The van der Waals surface area contributed by atoms with Gasteiger partial charge in [-0.2, -0.15) is 11.8 Å². The summed E-state index contributed by atoms with van der Waals surface area (Å²) < 4.78 is 0. The Morgan fingerprint density at radius 1 is 1.33 bits per heavy atom. The van der Waals surface area contributed by atoms with E-state index in [1.165, 1.54) is 19.3 Å². The van der Waals surface area contributed by atoms with Crippen molar-refractivity contribution in [3.8, 4) is 0 Å². The van der Waals surface area contributed by atoms with E-state index >= 15 is 0 Å². The van der Waals surface area contributed by atoms with Gasteiger partial charge in [-0.25, -0.2) is 0 Å². The monoisotopic (exact) mass is 229 g/mol. The third-order valence-corrected chi connectivity index (χ3v) is 3.80. The summed E-state index contributed by atoms with van der Waals surface area (Å²) in [5, 5.41) is 0. The predicted molar refractivity (Wildman–Crippen MR) is 67.2 cm³/mol. The molecule has 1 amide bonds. The molecular weight excluding hydrogens is 206 g/mol. The fourth-order valence-corrected chi connectivity index (χ4v) is 2.64. The highest BCUT2D eigenvalue weighted by Gasteiger charge is 2.24. The maximum absolute atomic E-state index is 12.2. The molecule has 0 unspecified atom stereocenters. The Kier molecular flexibility index (Phi) is 6.15. The normalized spacial score (nSPS) is 17.7. The summed E-state index contributed by atoms with van der Waals surface area (Å²) >= 11 is 1.82. The summed E-state index contributed by atoms with van der Waals surface area (Å²) in [5.41, 5.74) is 0. The van der Waals surface area contributed by atoms with Crippen LogP contribution in [0.25, 0.3) is 0 Å². The minimum absolute atomic E-state index is 0.334. The van der Waals surface area contributed by atoms with Crippen LogP contribution in [0.5, 0.6) is 0 Å². The topological polar surface area (TPSA) is 20.3 Å². The molecule has 0 aromatic heterocycles. The lowest BCUT2D eigenvalue weighted by atomic mass is 9.88. The Morgan fingerprint density at radius 2 is 2.00 bits per heavy atom. The Morgan fingerprint density at radius 3 is 2.53 bits per heavy atom. The molecule has 88 valence electrons. The third kappa shape index (κ3) is 4.06. The van der Waals surface area contributed by atoms with Crippen molar-refractivity contribution in [3.05, 3.63) is 0 Å². The minimum atomic E-state index is 0.334. The highest BCUT2D eigenvalue weighted by Crippen LogP contribution is 2.25. The van der Waals surface area contributed by atoms with Crippen LogP contribution in [0.4, 0.5) is 0 Å². The number of rotatable bonds is 5. The third-order valence-electron chi connectivity index (χ3n) is 3.21. The molecule has 1 rings (SSSR count). The fraction of sp³-hybridized carbons (Fsp3) is 0.917. The first-order valence-corrected chi connectivity index (χ1v) is 7.46. The Bertz CT molecular complexity index is 190. The quantitative estimate of drug-likeness (QED) is 0.722. The van der Waals surface area contributed by atoms with Crippen LogP contribution in [0, 0.1) is 5.92 Å². The standard InChI is InChI=1S/C12H23NOS/c1-3-13(9-10-15-2)12(14)11-7-5-4-6-8-11/h11H,3-10H2,1-2H3. The van der Waals surface area contributed by atoms with E-state index < -0.39 is 0 Å². The molecule has 3 heteroatoms. The first kappa shape index (κ1) is 12.9. The lowest BCUT2D eigenvalue weighted by Gasteiger charge is -2.28. The zero-order chi connectivity index (χ0) is 11.1.